The maximum atomic E-state index is 6.17. The smallest absolute Gasteiger partial charge is 0.173 e. The highest BCUT2D eigenvalue weighted by Gasteiger charge is 2.30. The number of furan rings is 1. The predicted octanol–water partition coefficient (Wildman–Crippen LogP) is 3.88. The summed E-state index contributed by atoms with van der Waals surface area (Å²) in [5.74, 6) is 1.63. The highest BCUT2D eigenvalue weighted by molar-refractivity contribution is 6.30. The Balaban J connectivity index is 1.37. The Labute approximate surface area is 192 Å². The molecule has 7 nitrogen and oxygen atoms in total. The van der Waals surface area contributed by atoms with Gasteiger partial charge in [0.1, 0.15) is 12.3 Å². The molecule has 0 saturated carbocycles. The molecule has 1 aliphatic rings. The Kier molecular flexibility index (Phi) is 6.29. The summed E-state index contributed by atoms with van der Waals surface area (Å²) in [6, 6.07) is 22.4. The molecule has 0 aliphatic carbocycles. The molecule has 1 fully saturated rings. The van der Waals surface area contributed by atoms with Gasteiger partial charge in [0.2, 0.25) is 0 Å². The van der Waals surface area contributed by atoms with Gasteiger partial charge in [0.25, 0.3) is 0 Å². The van der Waals surface area contributed by atoms with Crippen molar-refractivity contribution >= 4 is 11.6 Å². The molecule has 2 aromatic carbocycles. The molecule has 0 radical (unpaired) electrons. The van der Waals surface area contributed by atoms with Crippen LogP contribution in [-0.2, 0) is 13.1 Å². The van der Waals surface area contributed by atoms with Crippen molar-refractivity contribution in [3.63, 3.8) is 0 Å². The van der Waals surface area contributed by atoms with Crippen molar-refractivity contribution in [3.8, 4) is 0 Å². The number of aromatic nitrogens is 4. The van der Waals surface area contributed by atoms with E-state index < -0.39 is 0 Å². The molecule has 164 valence electrons. The minimum atomic E-state index is -0.0592. The number of hydrogen-bond donors (Lipinski definition) is 0. The van der Waals surface area contributed by atoms with Crippen LogP contribution in [0.25, 0.3) is 0 Å². The van der Waals surface area contributed by atoms with Crippen LogP contribution < -0.4 is 0 Å². The maximum absolute atomic E-state index is 6.17. The molecular formula is C24H25ClN6O. The second-order valence-electron chi connectivity index (χ2n) is 8.03. The third kappa shape index (κ3) is 4.75. The zero-order valence-electron chi connectivity index (χ0n) is 17.7. The summed E-state index contributed by atoms with van der Waals surface area (Å²) in [7, 11) is 0. The molecule has 1 atom stereocenters. The first-order valence-corrected chi connectivity index (χ1v) is 11.2. The lowest BCUT2D eigenvalue weighted by atomic mass is 10.0. The van der Waals surface area contributed by atoms with E-state index >= 15 is 0 Å². The second kappa shape index (κ2) is 9.65. The minimum Gasteiger partial charge on any atom is -0.467 e. The first-order chi connectivity index (χ1) is 15.8. The molecule has 1 aliphatic heterocycles. The number of benzene rings is 2. The second-order valence-corrected chi connectivity index (χ2v) is 8.46. The quantitative estimate of drug-likeness (QED) is 0.427. The van der Waals surface area contributed by atoms with Crippen molar-refractivity contribution in [3.05, 3.63) is 101 Å². The lowest BCUT2D eigenvalue weighted by Crippen LogP contribution is -2.48. The number of nitrogens with zero attached hydrogens (tertiary/aromatic N) is 6. The molecule has 32 heavy (non-hydrogen) atoms. The molecule has 0 spiro atoms. The zero-order chi connectivity index (χ0) is 21.8. The number of rotatable bonds is 7. The van der Waals surface area contributed by atoms with Crippen molar-refractivity contribution in [1.82, 2.24) is 30.0 Å². The highest BCUT2D eigenvalue weighted by atomic mass is 35.5. The summed E-state index contributed by atoms with van der Waals surface area (Å²) in [5.41, 5.74) is 2.47. The molecule has 8 heteroatoms. The Hall–Kier alpha value is -3.00. The normalized spacial score (nSPS) is 16.3. The SMILES string of the molecule is Clc1ccc([C@@H](c2nnnn2Cc2ccco2)N2CCN(Cc3ccccc3)CC2)cc1. The summed E-state index contributed by atoms with van der Waals surface area (Å²) in [4.78, 5) is 4.95. The average Bonchev–Trinajstić information content (AvgIpc) is 3.50. The van der Waals surface area contributed by atoms with Gasteiger partial charge in [0.05, 0.1) is 12.3 Å². The first-order valence-electron chi connectivity index (χ1n) is 10.8. The molecule has 3 heterocycles. The van der Waals surface area contributed by atoms with Gasteiger partial charge in [-0.05, 0) is 45.8 Å². The first kappa shape index (κ1) is 20.9. The minimum absolute atomic E-state index is 0.0592. The number of piperazine rings is 1. The zero-order valence-corrected chi connectivity index (χ0v) is 18.5. The molecule has 5 rings (SSSR count). The van der Waals surface area contributed by atoms with Crippen molar-refractivity contribution in [2.45, 2.75) is 19.1 Å². The third-order valence-corrected chi connectivity index (χ3v) is 6.15. The van der Waals surface area contributed by atoms with E-state index in [1.54, 1.807) is 6.26 Å². The van der Waals surface area contributed by atoms with Crippen molar-refractivity contribution in [1.29, 1.82) is 0 Å². The number of halogens is 1. The molecule has 0 bridgehead atoms. The van der Waals surface area contributed by atoms with Crippen LogP contribution in [0.15, 0.2) is 77.4 Å². The molecule has 0 unspecified atom stereocenters. The van der Waals surface area contributed by atoms with Crippen LogP contribution >= 0.6 is 11.6 Å². The fourth-order valence-electron chi connectivity index (χ4n) is 4.26. The van der Waals surface area contributed by atoms with Crippen LogP contribution in [0.3, 0.4) is 0 Å². The Morgan fingerprint density at radius 2 is 1.66 bits per heavy atom. The van der Waals surface area contributed by atoms with Crippen LogP contribution in [0.5, 0.6) is 0 Å². The van der Waals surface area contributed by atoms with E-state index in [1.165, 1.54) is 5.56 Å². The average molecular weight is 449 g/mol. The summed E-state index contributed by atoms with van der Waals surface area (Å²) in [5, 5.41) is 13.4. The summed E-state index contributed by atoms with van der Waals surface area (Å²) < 4.78 is 7.35. The molecule has 0 N–H and O–H groups in total. The van der Waals surface area contributed by atoms with Crippen molar-refractivity contribution in [2.24, 2.45) is 0 Å². The van der Waals surface area contributed by atoms with E-state index in [0.29, 0.717) is 6.54 Å². The fourth-order valence-corrected chi connectivity index (χ4v) is 4.39. The van der Waals surface area contributed by atoms with Gasteiger partial charge in [-0.2, -0.15) is 0 Å². The number of hydrogen-bond acceptors (Lipinski definition) is 6. The van der Waals surface area contributed by atoms with Crippen LogP contribution in [0.1, 0.15) is 28.8 Å². The third-order valence-electron chi connectivity index (χ3n) is 5.90. The predicted molar refractivity (Wildman–Crippen MR) is 122 cm³/mol. The number of tetrazole rings is 1. The largest absolute Gasteiger partial charge is 0.467 e. The summed E-state index contributed by atoms with van der Waals surface area (Å²) in [6.07, 6.45) is 1.67. The van der Waals surface area contributed by atoms with Gasteiger partial charge in [-0.25, -0.2) is 4.68 Å². The standard InChI is InChI=1S/C24H25ClN6O/c25-21-10-8-20(9-11-21)23(24-26-27-28-31(24)18-22-7-4-16-32-22)30-14-12-29(13-15-30)17-19-5-2-1-3-6-19/h1-11,16,23H,12-15,17-18H2/t23-/m0/s1. The maximum Gasteiger partial charge on any atom is 0.173 e. The molecule has 4 aromatic rings. The Morgan fingerprint density at radius 3 is 2.38 bits per heavy atom. The van der Waals surface area contributed by atoms with E-state index in [9.17, 15) is 0 Å². The van der Waals surface area contributed by atoms with Gasteiger partial charge in [-0.1, -0.05) is 54.1 Å². The summed E-state index contributed by atoms with van der Waals surface area (Å²) >= 11 is 6.17. The molecule has 2 aromatic heterocycles. The lowest BCUT2D eigenvalue weighted by Gasteiger charge is -2.39. The van der Waals surface area contributed by atoms with Gasteiger partial charge in [-0.3, -0.25) is 9.80 Å². The fraction of sp³-hybridized carbons (Fsp3) is 0.292. The molecular weight excluding hydrogens is 424 g/mol. The summed E-state index contributed by atoms with van der Waals surface area (Å²) in [6.45, 7) is 5.28. The molecule has 1 saturated heterocycles. The Morgan fingerprint density at radius 1 is 0.875 bits per heavy atom. The van der Waals surface area contributed by atoms with E-state index in [1.807, 2.05) is 28.9 Å². The lowest BCUT2D eigenvalue weighted by molar-refractivity contribution is 0.100. The highest BCUT2D eigenvalue weighted by Crippen LogP contribution is 2.29. The van der Waals surface area contributed by atoms with Crippen molar-refractivity contribution in [2.75, 3.05) is 26.2 Å². The molecule has 0 amide bonds. The van der Waals surface area contributed by atoms with Crippen LogP contribution in [0, 0.1) is 0 Å². The van der Waals surface area contributed by atoms with Gasteiger partial charge in [0.15, 0.2) is 5.82 Å². The van der Waals surface area contributed by atoms with Gasteiger partial charge in [-0.15, -0.1) is 5.10 Å². The Bertz CT molecular complexity index is 1110. The van der Waals surface area contributed by atoms with E-state index in [-0.39, 0.29) is 6.04 Å². The van der Waals surface area contributed by atoms with Gasteiger partial charge >= 0.3 is 0 Å². The van der Waals surface area contributed by atoms with Crippen LogP contribution in [0.4, 0.5) is 0 Å². The van der Waals surface area contributed by atoms with Crippen molar-refractivity contribution < 1.29 is 4.42 Å². The van der Waals surface area contributed by atoms with Gasteiger partial charge in [0, 0.05) is 37.7 Å². The van der Waals surface area contributed by atoms with Crippen LogP contribution in [0.2, 0.25) is 5.02 Å². The van der Waals surface area contributed by atoms with Gasteiger partial charge < -0.3 is 4.42 Å². The van der Waals surface area contributed by atoms with E-state index in [0.717, 1.165) is 54.9 Å². The van der Waals surface area contributed by atoms with E-state index in [4.69, 9.17) is 16.0 Å². The monoisotopic (exact) mass is 448 g/mol. The van der Waals surface area contributed by atoms with E-state index in [2.05, 4.69) is 67.8 Å². The topological polar surface area (TPSA) is 63.2 Å². The van der Waals surface area contributed by atoms with Crippen LogP contribution in [-0.4, -0.2) is 56.2 Å².